The fourth-order valence-electron chi connectivity index (χ4n) is 1.42. The second-order valence-electron chi connectivity index (χ2n) is 3.11. The molecular weight excluding hydrogens is 244 g/mol. The van der Waals surface area contributed by atoms with E-state index in [0.717, 1.165) is 16.3 Å². The Hall–Kier alpha value is -1.06. The Balaban J connectivity index is 2.78. The highest BCUT2D eigenvalue weighted by Gasteiger charge is 2.04. The van der Waals surface area contributed by atoms with E-state index < -0.39 is 0 Å². The number of hydrogen-bond acceptors (Lipinski definition) is 2. The molecule has 0 radical (unpaired) electrons. The van der Waals surface area contributed by atoms with E-state index in [0.29, 0.717) is 4.47 Å². The maximum Gasteiger partial charge on any atom is 0.130 e. The molecule has 0 saturated heterocycles. The Labute approximate surface area is 89.9 Å². The van der Waals surface area contributed by atoms with Crippen LogP contribution in [0.1, 0.15) is 5.56 Å². The summed E-state index contributed by atoms with van der Waals surface area (Å²) in [6, 6.07) is 9.14. The lowest BCUT2D eigenvalue weighted by Crippen LogP contribution is -1.83. The van der Waals surface area contributed by atoms with Gasteiger partial charge < -0.3 is 10.2 Å². The molecule has 0 aliphatic carbocycles. The highest BCUT2D eigenvalue weighted by atomic mass is 79.9. The van der Waals surface area contributed by atoms with Crippen molar-refractivity contribution in [2.24, 2.45) is 0 Å². The summed E-state index contributed by atoms with van der Waals surface area (Å²) in [6.45, 7) is 0.0119. The van der Waals surface area contributed by atoms with Gasteiger partial charge in [0.25, 0.3) is 0 Å². The van der Waals surface area contributed by atoms with Crippen LogP contribution in [0.3, 0.4) is 0 Å². The number of benzene rings is 2. The molecule has 0 amide bonds. The van der Waals surface area contributed by atoms with Crippen molar-refractivity contribution in [2.75, 3.05) is 0 Å². The van der Waals surface area contributed by atoms with Gasteiger partial charge in [0.2, 0.25) is 0 Å². The summed E-state index contributed by atoms with van der Waals surface area (Å²) in [6.07, 6.45) is 0. The molecule has 14 heavy (non-hydrogen) atoms. The fraction of sp³-hybridized carbons (Fsp3) is 0.0909. The first-order valence-electron chi connectivity index (χ1n) is 4.23. The molecule has 0 heterocycles. The molecular formula is C11H9BrO2. The van der Waals surface area contributed by atoms with Crippen molar-refractivity contribution in [3.8, 4) is 5.75 Å². The Kier molecular flexibility index (Phi) is 2.44. The number of halogens is 1. The summed E-state index contributed by atoms with van der Waals surface area (Å²) in [7, 11) is 0. The van der Waals surface area contributed by atoms with Crippen molar-refractivity contribution in [1.29, 1.82) is 0 Å². The van der Waals surface area contributed by atoms with Crippen molar-refractivity contribution in [3.05, 3.63) is 40.4 Å². The number of fused-ring (bicyclic) bond motifs is 1. The van der Waals surface area contributed by atoms with E-state index in [1.165, 1.54) is 0 Å². The lowest BCUT2D eigenvalue weighted by atomic mass is 10.1. The number of hydrogen-bond donors (Lipinski definition) is 2. The number of phenols is 1. The SMILES string of the molecule is OCc1ccc2ccc(O)c(Br)c2c1. The molecule has 72 valence electrons. The minimum Gasteiger partial charge on any atom is -0.507 e. The molecule has 0 aromatic heterocycles. The van der Waals surface area contributed by atoms with Crippen molar-refractivity contribution in [3.63, 3.8) is 0 Å². The Morgan fingerprint density at radius 2 is 1.86 bits per heavy atom. The van der Waals surface area contributed by atoms with Crippen molar-refractivity contribution in [1.82, 2.24) is 0 Å². The molecule has 0 aliphatic heterocycles. The second kappa shape index (κ2) is 3.59. The third kappa shape index (κ3) is 1.49. The number of phenolic OH excluding ortho intramolecular Hbond substituents is 1. The number of aliphatic hydroxyl groups excluding tert-OH is 1. The zero-order chi connectivity index (χ0) is 10.1. The zero-order valence-electron chi connectivity index (χ0n) is 7.37. The minimum absolute atomic E-state index is 0.0119. The molecule has 2 rings (SSSR count). The predicted octanol–water partition coefficient (Wildman–Crippen LogP) is 2.80. The first-order chi connectivity index (χ1) is 6.72. The van der Waals surface area contributed by atoms with E-state index in [1.54, 1.807) is 6.07 Å². The van der Waals surface area contributed by atoms with Crippen LogP contribution < -0.4 is 0 Å². The Morgan fingerprint density at radius 3 is 2.57 bits per heavy atom. The molecule has 2 aromatic rings. The first-order valence-corrected chi connectivity index (χ1v) is 5.02. The molecule has 0 bridgehead atoms. The second-order valence-corrected chi connectivity index (χ2v) is 3.91. The first kappa shape index (κ1) is 9.49. The van der Waals surface area contributed by atoms with Crippen LogP contribution in [0, 0.1) is 0 Å². The van der Waals surface area contributed by atoms with Gasteiger partial charge in [0.05, 0.1) is 11.1 Å². The van der Waals surface area contributed by atoms with Gasteiger partial charge >= 0.3 is 0 Å². The van der Waals surface area contributed by atoms with Crippen LogP contribution >= 0.6 is 15.9 Å². The van der Waals surface area contributed by atoms with Crippen molar-refractivity contribution in [2.45, 2.75) is 6.61 Å². The van der Waals surface area contributed by atoms with E-state index >= 15 is 0 Å². The van der Waals surface area contributed by atoms with E-state index in [-0.39, 0.29) is 12.4 Å². The smallest absolute Gasteiger partial charge is 0.130 e. The normalized spacial score (nSPS) is 10.7. The maximum absolute atomic E-state index is 9.47. The predicted molar refractivity (Wildman–Crippen MR) is 59.2 cm³/mol. The number of aromatic hydroxyl groups is 1. The maximum atomic E-state index is 9.47. The molecule has 2 N–H and O–H groups in total. The number of aliphatic hydroxyl groups is 1. The lowest BCUT2D eigenvalue weighted by Gasteiger charge is -2.04. The summed E-state index contributed by atoms with van der Waals surface area (Å²) >= 11 is 3.31. The standard InChI is InChI=1S/C11H9BrO2/c12-11-9-5-7(6-13)1-2-8(9)3-4-10(11)14/h1-5,13-14H,6H2. The van der Waals surface area contributed by atoms with Gasteiger partial charge in [0.1, 0.15) is 5.75 Å². The summed E-state index contributed by atoms with van der Waals surface area (Å²) in [5.74, 6) is 0.215. The third-order valence-corrected chi connectivity index (χ3v) is 3.02. The fourth-order valence-corrected chi connectivity index (χ4v) is 1.89. The minimum atomic E-state index is 0.0119. The lowest BCUT2D eigenvalue weighted by molar-refractivity contribution is 0.282. The van der Waals surface area contributed by atoms with Gasteiger partial charge in [-0.3, -0.25) is 0 Å². The van der Waals surface area contributed by atoms with Gasteiger partial charge in [-0.1, -0.05) is 18.2 Å². The van der Waals surface area contributed by atoms with Crippen molar-refractivity contribution >= 4 is 26.7 Å². The van der Waals surface area contributed by atoms with Gasteiger partial charge in [0.15, 0.2) is 0 Å². The van der Waals surface area contributed by atoms with E-state index in [4.69, 9.17) is 5.11 Å². The van der Waals surface area contributed by atoms with Gasteiger partial charge in [-0.05, 0) is 44.4 Å². The monoisotopic (exact) mass is 252 g/mol. The largest absolute Gasteiger partial charge is 0.507 e. The summed E-state index contributed by atoms with van der Waals surface area (Å²) in [5, 5.41) is 20.4. The topological polar surface area (TPSA) is 40.5 Å². The molecule has 3 heteroatoms. The van der Waals surface area contributed by atoms with Crippen LogP contribution in [-0.4, -0.2) is 10.2 Å². The highest BCUT2D eigenvalue weighted by molar-refractivity contribution is 9.10. The van der Waals surface area contributed by atoms with Gasteiger partial charge in [0, 0.05) is 0 Å². The van der Waals surface area contributed by atoms with Gasteiger partial charge in [-0.2, -0.15) is 0 Å². The van der Waals surface area contributed by atoms with Gasteiger partial charge in [-0.25, -0.2) is 0 Å². The highest BCUT2D eigenvalue weighted by Crippen LogP contribution is 2.32. The zero-order valence-corrected chi connectivity index (χ0v) is 8.95. The van der Waals surface area contributed by atoms with Crippen molar-refractivity contribution < 1.29 is 10.2 Å². The van der Waals surface area contributed by atoms with E-state index in [2.05, 4.69) is 15.9 Å². The van der Waals surface area contributed by atoms with Crippen LogP contribution in [-0.2, 0) is 6.61 Å². The Bertz CT molecular complexity index is 480. The van der Waals surface area contributed by atoms with Crippen LogP contribution in [0.2, 0.25) is 0 Å². The van der Waals surface area contributed by atoms with E-state index in [1.807, 2.05) is 24.3 Å². The Morgan fingerprint density at radius 1 is 1.14 bits per heavy atom. The summed E-state index contributed by atoms with van der Waals surface area (Å²) < 4.78 is 0.672. The molecule has 0 aliphatic rings. The molecule has 0 unspecified atom stereocenters. The molecule has 0 saturated carbocycles. The molecule has 2 nitrogen and oxygen atoms in total. The molecule has 0 spiro atoms. The molecule has 2 aromatic carbocycles. The molecule has 0 atom stereocenters. The third-order valence-electron chi connectivity index (χ3n) is 2.18. The summed E-state index contributed by atoms with van der Waals surface area (Å²) in [4.78, 5) is 0. The van der Waals surface area contributed by atoms with Crippen LogP contribution in [0.25, 0.3) is 10.8 Å². The van der Waals surface area contributed by atoms with E-state index in [9.17, 15) is 5.11 Å². The quantitative estimate of drug-likeness (QED) is 0.820. The average Bonchev–Trinajstić information content (AvgIpc) is 2.23. The van der Waals surface area contributed by atoms with Crippen LogP contribution in [0.5, 0.6) is 5.75 Å². The number of rotatable bonds is 1. The van der Waals surface area contributed by atoms with Crippen LogP contribution in [0.15, 0.2) is 34.8 Å². The van der Waals surface area contributed by atoms with Gasteiger partial charge in [-0.15, -0.1) is 0 Å². The average molecular weight is 253 g/mol. The van der Waals surface area contributed by atoms with Crippen LogP contribution in [0.4, 0.5) is 0 Å². The summed E-state index contributed by atoms with van der Waals surface area (Å²) in [5.41, 5.74) is 0.837. The molecule has 0 fully saturated rings.